The summed E-state index contributed by atoms with van der Waals surface area (Å²) in [6, 6.07) is 6.34. The van der Waals surface area contributed by atoms with Gasteiger partial charge in [0.15, 0.2) is 17.7 Å². The summed E-state index contributed by atoms with van der Waals surface area (Å²) in [5, 5.41) is 17.9. The standard InChI is InChI=1S/C14H9F3O3/c15-10-3-1-2-9(12(10)17)8-5-4-7(6-11(8)16)13(18)14(19)20/h1-6,13,18H,(H,19,20). The largest absolute Gasteiger partial charge is 0.479 e. The van der Waals surface area contributed by atoms with E-state index in [0.717, 1.165) is 24.3 Å². The third-order valence-corrected chi connectivity index (χ3v) is 2.78. The molecule has 104 valence electrons. The maximum Gasteiger partial charge on any atom is 0.337 e. The Morgan fingerprint density at radius 3 is 2.30 bits per heavy atom. The lowest BCUT2D eigenvalue weighted by atomic mass is 10.0. The average Bonchev–Trinajstić information content (AvgIpc) is 2.41. The Bertz CT molecular complexity index is 671. The number of benzene rings is 2. The molecule has 0 radical (unpaired) electrons. The molecule has 0 saturated carbocycles. The van der Waals surface area contributed by atoms with Gasteiger partial charge in [0.1, 0.15) is 5.82 Å². The smallest absolute Gasteiger partial charge is 0.337 e. The number of halogens is 3. The maximum absolute atomic E-state index is 13.9. The Labute approximate surface area is 111 Å². The van der Waals surface area contributed by atoms with Gasteiger partial charge in [-0.1, -0.05) is 24.3 Å². The highest BCUT2D eigenvalue weighted by atomic mass is 19.2. The van der Waals surface area contributed by atoms with E-state index in [9.17, 15) is 23.1 Å². The summed E-state index contributed by atoms with van der Waals surface area (Å²) in [4.78, 5) is 10.6. The monoisotopic (exact) mass is 282 g/mol. The number of carboxylic acids is 1. The summed E-state index contributed by atoms with van der Waals surface area (Å²) < 4.78 is 40.5. The second-order valence-electron chi connectivity index (χ2n) is 4.08. The zero-order chi connectivity index (χ0) is 14.9. The van der Waals surface area contributed by atoms with Crippen LogP contribution in [0.4, 0.5) is 13.2 Å². The molecule has 1 atom stereocenters. The Kier molecular flexibility index (Phi) is 3.76. The van der Waals surface area contributed by atoms with Crippen LogP contribution < -0.4 is 0 Å². The molecule has 0 aromatic heterocycles. The first kappa shape index (κ1) is 14.1. The van der Waals surface area contributed by atoms with Crippen LogP contribution in [-0.4, -0.2) is 16.2 Å². The predicted octanol–water partition coefficient (Wildman–Crippen LogP) is 2.89. The van der Waals surface area contributed by atoms with E-state index in [0.29, 0.717) is 0 Å². The minimum atomic E-state index is -1.88. The number of hydrogen-bond acceptors (Lipinski definition) is 2. The summed E-state index contributed by atoms with van der Waals surface area (Å²) in [5.41, 5.74) is -0.683. The van der Waals surface area contributed by atoms with E-state index in [1.165, 1.54) is 12.1 Å². The van der Waals surface area contributed by atoms with Crippen LogP contribution in [0.15, 0.2) is 36.4 Å². The molecule has 0 fully saturated rings. The number of carbonyl (C=O) groups is 1. The fraction of sp³-hybridized carbons (Fsp3) is 0.0714. The first-order valence-electron chi connectivity index (χ1n) is 5.56. The second-order valence-corrected chi connectivity index (χ2v) is 4.08. The van der Waals surface area contributed by atoms with Crippen LogP contribution in [0.5, 0.6) is 0 Å². The highest BCUT2D eigenvalue weighted by Gasteiger charge is 2.19. The van der Waals surface area contributed by atoms with Crippen molar-refractivity contribution in [2.45, 2.75) is 6.10 Å². The molecule has 2 aromatic rings. The molecule has 0 aliphatic carbocycles. The van der Waals surface area contributed by atoms with Crippen molar-refractivity contribution in [2.75, 3.05) is 0 Å². The van der Waals surface area contributed by atoms with Crippen LogP contribution in [0.3, 0.4) is 0 Å². The van der Waals surface area contributed by atoms with Crippen LogP contribution in [0.2, 0.25) is 0 Å². The zero-order valence-electron chi connectivity index (χ0n) is 9.98. The van der Waals surface area contributed by atoms with Gasteiger partial charge in [-0.2, -0.15) is 0 Å². The van der Waals surface area contributed by atoms with Crippen molar-refractivity contribution >= 4 is 5.97 Å². The molecule has 2 N–H and O–H groups in total. The summed E-state index contributed by atoms with van der Waals surface area (Å²) in [5.74, 6) is -4.80. The van der Waals surface area contributed by atoms with Crippen molar-refractivity contribution in [3.63, 3.8) is 0 Å². The maximum atomic E-state index is 13.9. The van der Waals surface area contributed by atoms with Gasteiger partial charge in [0, 0.05) is 11.1 Å². The van der Waals surface area contributed by atoms with E-state index in [1.807, 2.05) is 0 Å². The molecular weight excluding hydrogens is 273 g/mol. The van der Waals surface area contributed by atoms with Crippen molar-refractivity contribution in [1.82, 2.24) is 0 Å². The highest BCUT2D eigenvalue weighted by Crippen LogP contribution is 2.28. The molecule has 0 heterocycles. The molecule has 0 bridgehead atoms. The number of rotatable bonds is 3. The fourth-order valence-corrected chi connectivity index (χ4v) is 1.77. The molecule has 0 saturated heterocycles. The van der Waals surface area contributed by atoms with E-state index in [-0.39, 0.29) is 16.7 Å². The van der Waals surface area contributed by atoms with Gasteiger partial charge in [0.05, 0.1) is 0 Å². The molecule has 0 aliphatic heterocycles. The Hall–Kier alpha value is -2.34. The van der Waals surface area contributed by atoms with Gasteiger partial charge in [-0.3, -0.25) is 0 Å². The number of aliphatic carboxylic acids is 1. The van der Waals surface area contributed by atoms with Crippen LogP contribution in [0, 0.1) is 17.5 Å². The first-order chi connectivity index (χ1) is 9.41. The number of hydrogen-bond donors (Lipinski definition) is 2. The van der Waals surface area contributed by atoms with Gasteiger partial charge in [0.25, 0.3) is 0 Å². The molecule has 20 heavy (non-hydrogen) atoms. The SMILES string of the molecule is O=C(O)C(O)c1ccc(-c2cccc(F)c2F)c(F)c1. The first-order valence-corrected chi connectivity index (χ1v) is 5.56. The Balaban J connectivity index is 2.50. The third-order valence-electron chi connectivity index (χ3n) is 2.78. The summed E-state index contributed by atoms with van der Waals surface area (Å²) in [6.07, 6.45) is -1.88. The van der Waals surface area contributed by atoms with Crippen molar-refractivity contribution in [3.8, 4) is 11.1 Å². The second kappa shape index (κ2) is 5.34. The predicted molar refractivity (Wildman–Crippen MR) is 64.3 cm³/mol. The lowest BCUT2D eigenvalue weighted by Gasteiger charge is -2.09. The van der Waals surface area contributed by atoms with Crippen molar-refractivity contribution in [1.29, 1.82) is 0 Å². The van der Waals surface area contributed by atoms with Crippen molar-refractivity contribution in [2.24, 2.45) is 0 Å². The average molecular weight is 282 g/mol. The molecule has 2 aromatic carbocycles. The quantitative estimate of drug-likeness (QED) is 0.910. The normalized spacial score (nSPS) is 12.2. The molecule has 1 unspecified atom stereocenters. The molecule has 0 spiro atoms. The van der Waals surface area contributed by atoms with E-state index in [4.69, 9.17) is 5.11 Å². The van der Waals surface area contributed by atoms with E-state index < -0.39 is 29.5 Å². The molecule has 0 amide bonds. The topological polar surface area (TPSA) is 57.5 Å². The van der Waals surface area contributed by atoms with Gasteiger partial charge in [-0.15, -0.1) is 0 Å². The van der Waals surface area contributed by atoms with Gasteiger partial charge in [-0.05, 0) is 17.7 Å². The molecule has 0 aliphatic rings. The van der Waals surface area contributed by atoms with Gasteiger partial charge in [0.2, 0.25) is 0 Å². The lowest BCUT2D eigenvalue weighted by molar-refractivity contribution is -0.146. The molecule has 2 rings (SSSR count). The number of aliphatic hydroxyl groups is 1. The minimum absolute atomic E-state index is 0.185. The van der Waals surface area contributed by atoms with E-state index >= 15 is 0 Å². The Morgan fingerprint density at radius 2 is 1.70 bits per heavy atom. The van der Waals surface area contributed by atoms with Crippen LogP contribution in [0.25, 0.3) is 11.1 Å². The summed E-state index contributed by atoms with van der Waals surface area (Å²) in [6.45, 7) is 0. The highest BCUT2D eigenvalue weighted by molar-refractivity contribution is 5.75. The van der Waals surface area contributed by atoms with Gasteiger partial charge in [-0.25, -0.2) is 18.0 Å². The van der Waals surface area contributed by atoms with Crippen LogP contribution in [0.1, 0.15) is 11.7 Å². The Morgan fingerprint density at radius 1 is 1.00 bits per heavy atom. The zero-order valence-corrected chi connectivity index (χ0v) is 9.98. The van der Waals surface area contributed by atoms with Crippen LogP contribution >= 0.6 is 0 Å². The number of carboxylic acid groups (broad SMARTS) is 1. The number of aliphatic hydroxyl groups excluding tert-OH is 1. The van der Waals surface area contributed by atoms with E-state index in [2.05, 4.69) is 0 Å². The molecule has 6 heteroatoms. The summed E-state index contributed by atoms with van der Waals surface area (Å²) >= 11 is 0. The van der Waals surface area contributed by atoms with Crippen molar-refractivity contribution in [3.05, 3.63) is 59.4 Å². The summed E-state index contributed by atoms with van der Waals surface area (Å²) in [7, 11) is 0. The van der Waals surface area contributed by atoms with Gasteiger partial charge < -0.3 is 10.2 Å². The lowest BCUT2D eigenvalue weighted by Crippen LogP contribution is -2.10. The minimum Gasteiger partial charge on any atom is -0.479 e. The third kappa shape index (κ3) is 2.50. The van der Waals surface area contributed by atoms with Crippen molar-refractivity contribution < 1.29 is 28.2 Å². The van der Waals surface area contributed by atoms with E-state index in [1.54, 1.807) is 0 Å². The fourth-order valence-electron chi connectivity index (χ4n) is 1.77. The molecule has 3 nitrogen and oxygen atoms in total. The van der Waals surface area contributed by atoms with Crippen LogP contribution in [-0.2, 0) is 4.79 Å². The van der Waals surface area contributed by atoms with Gasteiger partial charge >= 0.3 is 5.97 Å². The molecular formula is C14H9F3O3.